The first-order valence-electron chi connectivity index (χ1n) is 9.19. The SMILES string of the molecule is COc1ccc(S(=O)(=O)N(CC(=O)N/N=C\c2ccccc2)c2cccc(Cl)c2)cc1. The van der Waals surface area contributed by atoms with Crippen molar-refractivity contribution in [2.45, 2.75) is 4.90 Å². The number of amides is 1. The molecule has 3 rings (SSSR count). The monoisotopic (exact) mass is 457 g/mol. The molecule has 0 unspecified atom stereocenters. The molecule has 3 aromatic carbocycles. The lowest BCUT2D eigenvalue weighted by molar-refractivity contribution is -0.119. The Labute approximate surface area is 186 Å². The molecule has 9 heteroatoms. The van der Waals surface area contributed by atoms with Crippen LogP contribution in [0.5, 0.6) is 5.75 Å². The largest absolute Gasteiger partial charge is 0.497 e. The van der Waals surface area contributed by atoms with Crippen molar-refractivity contribution in [3.63, 3.8) is 0 Å². The highest BCUT2D eigenvalue weighted by molar-refractivity contribution is 7.92. The first-order chi connectivity index (χ1) is 14.9. The smallest absolute Gasteiger partial charge is 0.264 e. The number of nitrogens with zero attached hydrogens (tertiary/aromatic N) is 2. The fourth-order valence-electron chi connectivity index (χ4n) is 2.70. The van der Waals surface area contributed by atoms with Crippen LogP contribution in [0.1, 0.15) is 5.56 Å². The van der Waals surface area contributed by atoms with Gasteiger partial charge in [-0.1, -0.05) is 48.0 Å². The second kappa shape index (κ2) is 10.1. The number of methoxy groups -OCH3 is 1. The summed E-state index contributed by atoms with van der Waals surface area (Å²) in [4.78, 5) is 12.5. The molecule has 3 aromatic rings. The summed E-state index contributed by atoms with van der Waals surface area (Å²) in [7, 11) is -2.57. The van der Waals surface area contributed by atoms with Gasteiger partial charge in [0, 0.05) is 5.02 Å². The summed E-state index contributed by atoms with van der Waals surface area (Å²) in [6.45, 7) is -0.485. The minimum absolute atomic E-state index is 0.00821. The summed E-state index contributed by atoms with van der Waals surface area (Å²) >= 11 is 6.05. The van der Waals surface area contributed by atoms with Gasteiger partial charge in [-0.05, 0) is 48.0 Å². The summed E-state index contributed by atoms with van der Waals surface area (Å²) < 4.78 is 32.7. The van der Waals surface area contributed by atoms with Gasteiger partial charge in [-0.15, -0.1) is 0 Å². The van der Waals surface area contributed by atoms with Gasteiger partial charge in [-0.2, -0.15) is 5.10 Å². The van der Waals surface area contributed by atoms with Crippen molar-refractivity contribution in [1.82, 2.24) is 5.43 Å². The van der Waals surface area contributed by atoms with Crippen LogP contribution in [0, 0.1) is 0 Å². The number of benzene rings is 3. The molecular formula is C22H20ClN3O4S. The Morgan fingerprint density at radius 3 is 2.42 bits per heavy atom. The lowest BCUT2D eigenvalue weighted by Gasteiger charge is -2.24. The lowest BCUT2D eigenvalue weighted by atomic mass is 10.2. The molecule has 0 heterocycles. The minimum Gasteiger partial charge on any atom is -0.497 e. The van der Waals surface area contributed by atoms with E-state index in [0.29, 0.717) is 10.8 Å². The van der Waals surface area contributed by atoms with Gasteiger partial charge >= 0.3 is 0 Å². The van der Waals surface area contributed by atoms with Gasteiger partial charge in [0.05, 0.1) is 23.9 Å². The predicted octanol–water partition coefficient (Wildman–Crippen LogP) is 3.69. The molecule has 0 atom stereocenters. The average Bonchev–Trinajstić information content (AvgIpc) is 2.78. The summed E-state index contributed by atoms with van der Waals surface area (Å²) in [6.07, 6.45) is 1.47. The molecule has 160 valence electrons. The summed E-state index contributed by atoms with van der Waals surface area (Å²) in [5.74, 6) is -0.0921. The number of carbonyl (C=O) groups excluding carboxylic acids is 1. The summed E-state index contributed by atoms with van der Waals surface area (Å²) in [5, 5.41) is 4.24. The zero-order valence-corrected chi connectivity index (χ0v) is 18.2. The van der Waals surface area contributed by atoms with Gasteiger partial charge < -0.3 is 4.74 Å². The molecule has 0 aliphatic heterocycles. The number of hydrazone groups is 1. The highest BCUT2D eigenvalue weighted by atomic mass is 35.5. The Bertz CT molecular complexity index is 1170. The second-order valence-corrected chi connectivity index (χ2v) is 8.67. The highest BCUT2D eigenvalue weighted by Gasteiger charge is 2.27. The number of anilines is 1. The van der Waals surface area contributed by atoms with Crippen LogP contribution in [0.2, 0.25) is 5.02 Å². The van der Waals surface area contributed by atoms with E-state index in [4.69, 9.17) is 16.3 Å². The van der Waals surface area contributed by atoms with Crippen LogP contribution < -0.4 is 14.5 Å². The van der Waals surface area contributed by atoms with Crippen LogP contribution in [0.15, 0.2) is 88.9 Å². The number of hydrogen-bond donors (Lipinski definition) is 1. The molecule has 0 saturated heterocycles. The number of carbonyl (C=O) groups is 1. The van der Waals surface area contributed by atoms with Crippen LogP contribution in [0.25, 0.3) is 0 Å². The molecule has 7 nitrogen and oxygen atoms in total. The van der Waals surface area contributed by atoms with Crippen LogP contribution in [-0.2, 0) is 14.8 Å². The number of halogens is 1. The van der Waals surface area contributed by atoms with Crippen LogP contribution in [0.3, 0.4) is 0 Å². The molecule has 0 saturated carbocycles. The third kappa shape index (κ3) is 5.84. The maximum atomic E-state index is 13.3. The summed E-state index contributed by atoms with van der Waals surface area (Å²) in [6, 6.07) is 21.3. The Balaban J connectivity index is 1.85. The van der Waals surface area contributed by atoms with Gasteiger partial charge in [0.15, 0.2) is 0 Å². The topological polar surface area (TPSA) is 88.1 Å². The molecule has 0 aliphatic carbocycles. The molecule has 0 fully saturated rings. The van der Waals surface area contributed by atoms with Crippen molar-refractivity contribution in [3.8, 4) is 5.75 Å². The normalized spacial score (nSPS) is 11.3. The Morgan fingerprint density at radius 1 is 1.06 bits per heavy atom. The Kier molecular flexibility index (Phi) is 7.28. The van der Waals surface area contributed by atoms with Crippen molar-refractivity contribution in [2.24, 2.45) is 5.10 Å². The highest BCUT2D eigenvalue weighted by Crippen LogP contribution is 2.27. The number of rotatable bonds is 8. The molecule has 0 aromatic heterocycles. The number of nitrogens with one attached hydrogen (secondary N) is 1. The fraction of sp³-hybridized carbons (Fsp3) is 0.0909. The van der Waals surface area contributed by atoms with Crippen molar-refractivity contribution in [2.75, 3.05) is 18.0 Å². The van der Waals surface area contributed by atoms with Gasteiger partial charge in [-0.3, -0.25) is 9.10 Å². The quantitative estimate of drug-likeness (QED) is 0.412. The van der Waals surface area contributed by atoms with Gasteiger partial charge in [0.1, 0.15) is 12.3 Å². The minimum atomic E-state index is -4.06. The van der Waals surface area contributed by atoms with Crippen molar-refractivity contribution in [1.29, 1.82) is 0 Å². The van der Waals surface area contributed by atoms with Gasteiger partial charge in [0.25, 0.3) is 15.9 Å². The lowest BCUT2D eigenvalue weighted by Crippen LogP contribution is -2.39. The second-order valence-electron chi connectivity index (χ2n) is 6.37. The third-order valence-corrected chi connectivity index (χ3v) is 6.26. The molecule has 1 amide bonds. The van der Waals surface area contributed by atoms with E-state index in [2.05, 4.69) is 10.5 Å². The zero-order chi connectivity index (χ0) is 22.3. The van der Waals surface area contributed by atoms with Crippen LogP contribution >= 0.6 is 11.6 Å². The molecule has 0 bridgehead atoms. The van der Waals surface area contributed by atoms with Gasteiger partial charge in [-0.25, -0.2) is 13.8 Å². The van der Waals surface area contributed by atoms with E-state index < -0.39 is 22.5 Å². The first-order valence-corrected chi connectivity index (χ1v) is 11.0. The standard InChI is InChI=1S/C22H20ClN3O4S/c1-30-20-10-12-21(13-11-20)31(28,29)26(19-9-5-8-18(23)14-19)16-22(27)25-24-15-17-6-3-2-4-7-17/h2-15H,16H2,1H3,(H,25,27)/b24-15-. The number of hydrogen-bond acceptors (Lipinski definition) is 5. The maximum Gasteiger partial charge on any atom is 0.264 e. The molecular weight excluding hydrogens is 438 g/mol. The third-order valence-electron chi connectivity index (χ3n) is 4.23. The van der Waals surface area contributed by atoms with E-state index in [1.165, 1.54) is 43.7 Å². The molecule has 0 radical (unpaired) electrons. The fourth-order valence-corrected chi connectivity index (χ4v) is 4.30. The molecule has 31 heavy (non-hydrogen) atoms. The van der Waals surface area contributed by atoms with Crippen LogP contribution in [0.4, 0.5) is 5.69 Å². The Morgan fingerprint density at radius 2 is 1.77 bits per heavy atom. The molecule has 0 aliphatic rings. The van der Waals surface area contributed by atoms with Crippen molar-refractivity contribution in [3.05, 3.63) is 89.4 Å². The zero-order valence-electron chi connectivity index (χ0n) is 16.6. The maximum absolute atomic E-state index is 13.3. The van der Waals surface area contributed by atoms with Crippen molar-refractivity contribution < 1.29 is 17.9 Å². The first kappa shape index (κ1) is 22.3. The summed E-state index contributed by atoms with van der Waals surface area (Å²) in [5.41, 5.74) is 3.41. The molecule has 1 N–H and O–H groups in total. The van der Waals surface area contributed by atoms with E-state index in [-0.39, 0.29) is 10.6 Å². The van der Waals surface area contributed by atoms with Gasteiger partial charge in [0.2, 0.25) is 0 Å². The van der Waals surface area contributed by atoms with E-state index in [9.17, 15) is 13.2 Å². The van der Waals surface area contributed by atoms with E-state index >= 15 is 0 Å². The Hall–Kier alpha value is -3.36. The number of ether oxygens (including phenoxy) is 1. The van der Waals surface area contributed by atoms with E-state index in [1.807, 2.05) is 30.3 Å². The van der Waals surface area contributed by atoms with E-state index in [1.54, 1.807) is 18.2 Å². The van der Waals surface area contributed by atoms with Crippen LogP contribution in [-0.4, -0.2) is 34.2 Å². The molecule has 0 spiro atoms. The van der Waals surface area contributed by atoms with E-state index in [0.717, 1.165) is 9.87 Å². The number of sulfonamides is 1. The predicted molar refractivity (Wildman–Crippen MR) is 121 cm³/mol. The average molecular weight is 458 g/mol. The van der Waals surface area contributed by atoms with Crippen molar-refractivity contribution >= 4 is 39.4 Å².